The van der Waals surface area contributed by atoms with E-state index in [0.717, 1.165) is 16.1 Å². The lowest BCUT2D eigenvalue weighted by atomic mass is 9.88. The third-order valence-corrected chi connectivity index (χ3v) is 4.31. The van der Waals surface area contributed by atoms with Gasteiger partial charge in [0.25, 0.3) is 0 Å². The summed E-state index contributed by atoms with van der Waals surface area (Å²) < 4.78 is 0. The van der Waals surface area contributed by atoms with Crippen LogP contribution in [0.15, 0.2) is 12.1 Å². The van der Waals surface area contributed by atoms with Gasteiger partial charge in [0.05, 0.1) is 10.8 Å². The average molecular weight is 275 g/mol. The molecule has 2 aromatic rings. The first kappa shape index (κ1) is 12.1. The first-order valence-corrected chi connectivity index (χ1v) is 6.83. The molecular formula is C13H13N3O2S. The van der Waals surface area contributed by atoms with Crippen molar-refractivity contribution in [3.63, 3.8) is 0 Å². The third kappa shape index (κ3) is 1.98. The number of aromatic amines is 1. The van der Waals surface area contributed by atoms with E-state index in [2.05, 4.69) is 15.5 Å². The van der Waals surface area contributed by atoms with Crippen LogP contribution in [0.25, 0.3) is 0 Å². The smallest absolute Gasteiger partial charge is 0.226 e. The quantitative estimate of drug-likeness (QED) is 0.826. The summed E-state index contributed by atoms with van der Waals surface area (Å²) in [6.07, 6.45) is 0.184. The van der Waals surface area contributed by atoms with Crippen molar-refractivity contribution < 1.29 is 9.59 Å². The van der Waals surface area contributed by atoms with Crippen molar-refractivity contribution in [3.05, 3.63) is 33.1 Å². The Balaban J connectivity index is 2.03. The second-order valence-corrected chi connectivity index (χ2v) is 5.98. The van der Waals surface area contributed by atoms with Crippen LogP contribution in [0.4, 0.5) is 5.82 Å². The van der Waals surface area contributed by atoms with Gasteiger partial charge in [-0.3, -0.25) is 14.7 Å². The Bertz CT molecular complexity index is 671. The number of thiophene rings is 1. The maximum absolute atomic E-state index is 12.6. The zero-order valence-electron chi connectivity index (χ0n) is 10.6. The van der Waals surface area contributed by atoms with E-state index in [0.29, 0.717) is 10.7 Å². The number of H-pyrrole nitrogens is 1. The summed E-state index contributed by atoms with van der Waals surface area (Å²) in [6, 6.07) is 3.74. The van der Waals surface area contributed by atoms with Gasteiger partial charge in [-0.1, -0.05) is 0 Å². The van der Waals surface area contributed by atoms with E-state index in [4.69, 9.17) is 0 Å². The number of aryl methyl sites for hydroxylation is 2. The maximum Gasteiger partial charge on any atom is 0.226 e. The molecule has 3 heterocycles. The van der Waals surface area contributed by atoms with Crippen LogP contribution < -0.4 is 5.32 Å². The van der Waals surface area contributed by atoms with Crippen molar-refractivity contribution in [1.29, 1.82) is 0 Å². The number of amides is 1. The van der Waals surface area contributed by atoms with E-state index in [9.17, 15) is 9.59 Å². The van der Waals surface area contributed by atoms with Crippen molar-refractivity contribution >= 4 is 28.8 Å². The predicted molar refractivity (Wildman–Crippen MR) is 72.7 cm³/mol. The van der Waals surface area contributed by atoms with Gasteiger partial charge < -0.3 is 5.32 Å². The SMILES string of the molecule is Cc1ccc(C(=O)C2CC(=O)Nc3n[nH]c(C)c32)s1. The summed E-state index contributed by atoms with van der Waals surface area (Å²) in [7, 11) is 0. The normalized spacial score (nSPS) is 18.0. The standard InChI is InChI=1S/C13H13N3O2S/c1-6-3-4-9(19-6)12(18)8-5-10(17)14-13-11(8)7(2)15-16-13/h3-4,8H,5H2,1-2H3,(H2,14,15,16,17). The molecule has 6 heteroatoms. The van der Waals surface area contributed by atoms with Gasteiger partial charge in [-0.05, 0) is 26.0 Å². The number of rotatable bonds is 2. The Labute approximate surface area is 114 Å². The van der Waals surface area contributed by atoms with E-state index in [1.165, 1.54) is 11.3 Å². The topological polar surface area (TPSA) is 74.8 Å². The fraction of sp³-hybridized carbons (Fsp3) is 0.308. The Kier molecular flexibility index (Phi) is 2.74. The molecule has 0 spiro atoms. The van der Waals surface area contributed by atoms with Crippen LogP contribution in [0, 0.1) is 13.8 Å². The lowest BCUT2D eigenvalue weighted by molar-refractivity contribution is -0.116. The zero-order chi connectivity index (χ0) is 13.6. The maximum atomic E-state index is 12.6. The molecular weight excluding hydrogens is 262 g/mol. The highest BCUT2D eigenvalue weighted by molar-refractivity contribution is 7.14. The minimum atomic E-state index is -0.430. The molecule has 1 atom stereocenters. The second kappa shape index (κ2) is 4.31. The van der Waals surface area contributed by atoms with Crippen LogP contribution in [0.2, 0.25) is 0 Å². The number of nitrogens with one attached hydrogen (secondary N) is 2. The first-order valence-electron chi connectivity index (χ1n) is 6.01. The number of aromatic nitrogens is 2. The van der Waals surface area contributed by atoms with Gasteiger partial charge in [-0.2, -0.15) is 5.10 Å². The number of hydrogen-bond acceptors (Lipinski definition) is 4. The van der Waals surface area contributed by atoms with Crippen LogP contribution in [-0.4, -0.2) is 21.9 Å². The van der Waals surface area contributed by atoms with Crippen molar-refractivity contribution in [1.82, 2.24) is 10.2 Å². The van der Waals surface area contributed by atoms with Gasteiger partial charge in [-0.25, -0.2) is 0 Å². The molecule has 1 aliphatic heterocycles. The molecule has 2 N–H and O–H groups in total. The van der Waals surface area contributed by atoms with Crippen molar-refractivity contribution in [2.24, 2.45) is 0 Å². The van der Waals surface area contributed by atoms with E-state index in [-0.39, 0.29) is 18.1 Å². The molecule has 0 saturated heterocycles. The summed E-state index contributed by atoms with van der Waals surface area (Å²) in [6.45, 7) is 3.83. The van der Waals surface area contributed by atoms with Crippen LogP contribution in [0.5, 0.6) is 0 Å². The third-order valence-electron chi connectivity index (χ3n) is 3.29. The molecule has 1 amide bonds. The number of anilines is 1. The van der Waals surface area contributed by atoms with Crippen molar-refractivity contribution in [3.8, 4) is 0 Å². The first-order chi connectivity index (χ1) is 9.06. The molecule has 1 aliphatic rings. The van der Waals surface area contributed by atoms with Gasteiger partial charge >= 0.3 is 0 Å². The second-order valence-electron chi connectivity index (χ2n) is 4.69. The van der Waals surface area contributed by atoms with Crippen LogP contribution in [0.1, 0.15) is 38.1 Å². The molecule has 3 rings (SSSR count). The Morgan fingerprint density at radius 1 is 1.42 bits per heavy atom. The van der Waals surface area contributed by atoms with Crippen LogP contribution >= 0.6 is 11.3 Å². The largest absolute Gasteiger partial charge is 0.309 e. The van der Waals surface area contributed by atoms with Crippen LogP contribution in [-0.2, 0) is 4.79 Å². The van der Waals surface area contributed by atoms with Gasteiger partial charge in [0.15, 0.2) is 11.6 Å². The number of hydrogen-bond donors (Lipinski definition) is 2. The molecule has 0 aliphatic carbocycles. The highest BCUT2D eigenvalue weighted by atomic mass is 32.1. The lowest BCUT2D eigenvalue weighted by Gasteiger charge is -2.20. The molecule has 0 fully saturated rings. The number of carbonyl (C=O) groups is 2. The monoisotopic (exact) mass is 275 g/mol. The average Bonchev–Trinajstić information content (AvgIpc) is 2.95. The number of fused-ring (bicyclic) bond motifs is 1. The van der Waals surface area contributed by atoms with E-state index < -0.39 is 5.92 Å². The lowest BCUT2D eigenvalue weighted by Crippen LogP contribution is -2.27. The van der Waals surface area contributed by atoms with Crippen molar-refractivity contribution in [2.45, 2.75) is 26.2 Å². The molecule has 0 bridgehead atoms. The van der Waals surface area contributed by atoms with Gasteiger partial charge in [0.1, 0.15) is 0 Å². The number of nitrogens with zero attached hydrogens (tertiary/aromatic N) is 1. The molecule has 5 nitrogen and oxygen atoms in total. The zero-order valence-corrected chi connectivity index (χ0v) is 11.4. The van der Waals surface area contributed by atoms with Gasteiger partial charge in [0.2, 0.25) is 5.91 Å². The minimum Gasteiger partial charge on any atom is -0.309 e. The molecule has 0 aromatic carbocycles. The molecule has 19 heavy (non-hydrogen) atoms. The van der Waals surface area contributed by atoms with Gasteiger partial charge in [-0.15, -0.1) is 11.3 Å². The highest BCUT2D eigenvalue weighted by Gasteiger charge is 2.34. The highest BCUT2D eigenvalue weighted by Crippen LogP contribution is 2.36. The Hall–Kier alpha value is -1.95. The molecule has 0 radical (unpaired) electrons. The molecule has 1 unspecified atom stereocenters. The fourth-order valence-corrected chi connectivity index (χ4v) is 3.25. The summed E-state index contributed by atoms with van der Waals surface area (Å²) >= 11 is 1.46. The summed E-state index contributed by atoms with van der Waals surface area (Å²) in [5, 5.41) is 9.55. The Morgan fingerprint density at radius 2 is 2.21 bits per heavy atom. The predicted octanol–water partition coefficient (Wildman–Crippen LogP) is 2.40. The van der Waals surface area contributed by atoms with Crippen LogP contribution in [0.3, 0.4) is 0 Å². The number of carbonyl (C=O) groups excluding carboxylic acids is 2. The summed E-state index contributed by atoms with van der Waals surface area (Å²) in [5.41, 5.74) is 1.65. The molecule has 0 saturated carbocycles. The number of Topliss-reactive ketones (excluding diaryl/α,β-unsaturated/α-hetero) is 1. The summed E-state index contributed by atoms with van der Waals surface area (Å²) in [4.78, 5) is 26.0. The summed E-state index contributed by atoms with van der Waals surface area (Å²) in [5.74, 6) is -0.106. The Morgan fingerprint density at radius 3 is 2.89 bits per heavy atom. The van der Waals surface area contributed by atoms with E-state index >= 15 is 0 Å². The molecule has 98 valence electrons. The molecule has 2 aromatic heterocycles. The fourth-order valence-electron chi connectivity index (χ4n) is 2.39. The van der Waals surface area contributed by atoms with Gasteiger partial charge in [0, 0.05) is 22.6 Å². The van der Waals surface area contributed by atoms with E-state index in [1.807, 2.05) is 26.0 Å². The van der Waals surface area contributed by atoms with Crippen molar-refractivity contribution in [2.75, 3.05) is 5.32 Å². The van der Waals surface area contributed by atoms with E-state index in [1.54, 1.807) is 0 Å². The minimum absolute atomic E-state index is 0.00120. The number of ketones is 1.